The van der Waals surface area contributed by atoms with Crippen LogP contribution in [0.1, 0.15) is 32.6 Å². The summed E-state index contributed by atoms with van der Waals surface area (Å²) in [5.41, 5.74) is 0. The number of nitrogens with one attached hydrogen (secondary N) is 2. The predicted octanol–water partition coefficient (Wildman–Crippen LogP) is 1.18. The van der Waals surface area contributed by atoms with Crippen LogP contribution in [0.3, 0.4) is 0 Å². The number of likely N-dealkylation sites (tertiary alicyclic amines) is 1. The average Bonchev–Trinajstić information content (AvgIpc) is 2.81. The largest absolute Gasteiger partial charge is 0.335 e. The number of amides is 2. The van der Waals surface area contributed by atoms with Crippen molar-refractivity contribution < 1.29 is 4.79 Å². The molecule has 1 aliphatic carbocycles. The van der Waals surface area contributed by atoms with Crippen molar-refractivity contribution in [1.29, 1.82) is 0 Å². The first-order valence-electron chi connectivity index (χ1n) is 7.07. The maximum atomic E-state index is 12.2. The number of carbonyl (C=O) groups excluding carboxylic acids is 1. The van der Waals surface area contributed by atoms with E-state index in [1.54, 1.807) is 0 Å². The van der Waals surface area contributed by atoms with Gasteiger partial charge < -0.3 is 15.5 Å². The van der Waals surface area contributed by atoms with Gasteiger partial charge in [0.2, 0.25) is 0 Å². The summed E-state index contributed by atoms with van der Waals surface area (Å²) in [6, 6.07) is 1.10. The van der Waals surface area contributed by atoms with Gasteiger partial charge in [0.15, 0.2) is 0 Å². The molecule has 1 saturated carbocycles. The van der Waals surface area contributed by atoms with Crippen molar-refractivity contribution in [3.63, 3.8) is 0 Å². The van der Waals surface area contributed by atoms with Crippen molar-refractivity contribution >= 4 is 6.03 Å². The van der Waals surface area contributed by atoms with Crippen molar-refractivity contribution in [3.8, 4) is 0 Å². The number of hydrogen-bond donors (Lipinski definition) is 2. The fraction of sp³-hybridized carbons (Fsp3) is 0.923. The molecule has 2 N–H and O–H groups in total. The maximum Gasteiger partial charge on any atom is 0.317 e. The molecule has 0 aromatic carbocycles. The van der Waals surface area contributed by atoms with E-state index < -0.39 is 0 Å². The molecule has 3 aliphatic rings. The second kappa shape index (κ2) is 4.48. The average molecular weight is 237 g/mol. The van der Waals surface area contributed by atoms with E-state index in [1.165, 1.54) is 19.3 Å². The molecule has 3 fully saturated rings. The van der Waals surface area contributed by atoms with E-state index in [9.17, 15) is 4.79 Å². The summed E-state index contributed by atoms with van der Waals surface area (Å²) in [6.07, 6.45) is 4.70. The molecular formula is C13H23N3O. The highest BCUT2D eigenvalue weighted by atomic mass is 16.2. The van der Waals surface area contributed by atoms with Crippen LogP contribution in [0.15, 0.2) is 0 Å². The number of nitrogens with zero attached hydrogens (tertiary/aromatic N) is 1. The number of rotatable bonds is 2. The van der Waals surface area contributed by atoms with Crippen LogP contribution < -0.4 is 10.6 Å². The highest BCUT2D eigenvalue weighted by molar-refractivity contribution is 5.75. The molecule has 0 aromatic heterocycles. The Kier molecular flexibility index (Phi) is 2.99. The van der Waals surface area contributed by atoms with Gasteiger partial charge in [0.05, 0.1) is 0 Å². The molecule has 3 atom stereocenters. The molecule has 3 unspecified atom stereocenters. The van der Waals surface area contributed by atoms with E-state index in [2.05, 4.69) is 22.5 Å². The van der Waals surface area contributed by atoms with E-state index in [0.717, 1.165) is 26.1 Å². The van der Waals surface area contributed by atoms with Crippen LogP contribution in [0.25, 0.3) is 0 Å². The minimum absolute atomic E-state index is 0.191. The SMILES string of the molecule is CCC1C2CNCC2CN1C(=O)NC1CCC1. The molecule has 4 nitrogen and oxygen atoms in total. The van der Waals surface area contributed by atoms with E-state index in [-0.39, 0.29) is 6.03 Å². The maximum absolute atomic E-state index is 12.2. The van der Waals surface area contributed by atoms with E-state index in [1.807, 2.05) is 0 Å². The molecule has 17 heavy (non-hydrogen) atoms. The summed E-state index contributed by atoms with van der Waals surface area (Å²) in [5, 5.41) is 6.63. The van der Waals surface area contributed by atoms with Gasteiger partial charge in [-0.2, -0.15) is 0 Å². The van der Waals surface area contributed by atoms with Crippen molar-refractivity contribution in [1.82, 2.24) is 15.5 Å². The molecule has 2 saturated heterocycles. The quantitative estimate of drug-likeness (QED) is 0.757. The van der Waals surface area contributed by atoms with Crippen molar-refractivity contribution in [2.75, 3.05) is 19.6 Å². The van der Waals surface area contributed by atoms with Crippen molar-refractivity contribution in [2.45, 2.75) is 44.7 Å². The minimum atomic E-state index is 0.191. The summed E-state index contributed by atoms with van der Waals surface area (Å²) in [6.45, 7) is 5.34. The molecule has 0 spiro atoms. The lowest BCUT2D eigenvalue weighted by Crippen LogP contribution is -2.50. The Hall–Kier alpha value is -0.770. The third-order valence-corrected chi connectivity index (χ3v) is 4.83. The molecule has 96 valence electrons. The van der Waals surface area contributed by atoms with Gasteiger partial charge in [-0.3, -0.25) is 0 Å². The Morgan fingerprint density at radius 2 is 2.24 bits per heavy atom. The molecular weight excluding hydrogens is 214 g/mol. The number of hydrogen-bond acceptors (Lipinski definition) is 2. The zero-order chi connectivity index (χ0) is 11.8. The Balaban J connectivity index is 1.63. The number of urea groups is 1. The van der Waals surface area contributed by atoms with Crippen LogP contribution >= 0.6 is 0 Å². The topological polar surface area (TPSA) is 44.4 Å². The third kappa shape index (κ3) is 1.92. The van der Waals surface area contributed by atoms with Crippen LogP contribution in [-0.2, 0) is 0 Å². The Morgan fingerprint density at radius 3 is 2.88 bits per heavy atom. The summed E-state index contributed by atoms with van der Waals surface area (Å²) in [4.78, 5) is 14.3. The first-order chi connectivity index (χ1) is 8.29. The predicted molar refractivity (Wildman–Crippen MR) is 66.8 cm³/mol. The minimum Gasteiger partial charge on any atom is -0.335 e. The second-order valence-corrected chi connectivity index (χ2v) is 5.79. The lowest BCUT2D eigenvalue weighted by Gasteiger charge is -2.32. The summed E-state index contributed by atoms with van der Waals surface area (Å²) < 4.78 is 0. The van der Waals surface area contributed by atoms with Crippen molar-refractivity contribution in [3.05, 3.63) is 0 Å². The van der Waals surface area contributed by atoms with Gasteiger partial charge in [0, 0.05) is 31.7 Å². The molecule has 0 aromatic rings. The van der Waals surface area contributed by atoms with Crippen LogP contribution in [-0.4, -0.2) is 42.6 Å². The third-order valence-electron chi connectivity index (χ3n) is 4.83. The van der Waals surface area contributed by atoms with Crippen LogP contribution in [0.4, 0.5) is 4.79 Å². The van der Waals surface area contributed by atoms with Gasteiger partial charge in [-0.25, -0.2) is 4.79 Å². The summed E-state index contributed by atoms with van der Waals surface area (Å²) in [7, 11) is 0. The number of carbonyl (C=O) groups is 1. The molecule has 0 radical (unpaired) electrons. The first kappa shape index (κ1) is 11.3. The van der Waals surface area contributed by atoms with Crippen LogP contribution in [0, 0.1) is 11.8 Å². The highest BCUT2D eigenvalue weighted by Gasteiger charge is 2.45. The molecule has 2 aliphatic heterocycles. The molecule has 2 heterocycles. The Bertz CT molecular complexity index is 303. The fourth-order valence-corrected chi connectivity index (χ4v) is 3.59. The lowest BCUT2D eigenvalue weighted by atomic mass is 9.92. The highest BCUT2D eigenvalue weighted by Crippen LogP contribution is 2.34. The summed E-state index contributed by atoms with van der Waals surface area (Å²) in [5.74, 6) is 1.37. The summed E-state index contributed by atoms with van der Waals surface area (Å²) >= 11 is 0. The zero-order valence-corrected chi connectivity index (χ0v) is 10.6. The van der Waals surface area contributed by atoms with Crippen LogP contribution in [0.2, 0.25) is 0 Å². The van der Waals surface area contributed by atoms with Gasteiger partial charge >= 0.3 is 6.03 Å². The van der Waals surface area contributed by atoms with Gasteiger partial charge in [-0.05, 0) is 37.5 Å². The molecule has 2 amide bonds. The van der Waals surface area contributed by atoms with E-state index >= 15 is 0 Å². The van der Waals surface area contributed by atoms with Crippen LogP contribution in [0.5, 0.6) is 0 Å². The molecule has 3 rings (SSSR count). The number of fused-ring (bicyclic) bond motifs is 1. The lowest BCUT2D eigenvalue weighted by molar-refractivity contribution is 0.172. The monoisotopic (exact) mass is 237 g/mol. The Labute approximate surface area is 103 Å². The smallest absolute Gasteiger partial charge is 0.317 e. The Morgan fingerprint density at radius 1 is 1.41 bits per heavy atom. The van der Waals surface area contributed by atoms with Gasteiger partial charge in [0.25, 0.3) is 0 Å². The van der Waals surface area contributed by atoms with E-state index in [0.29, 0.717) is 23.9 Å². The van der Waals surface area contributed by atoms with Gasteiger partial charge in [0.1, 0.15) is 0 Å². The van der Waals surface area contributed by atoms with Gasteiger partial charge in [-0.15, -0.1) is 0 Å². The second-order valence-electron chi connectivity index (χ2n) is 5.79. The molecule has 4 heteroatoms. The normalized spacial score (nSPS) is 36.8. The van der Waals surface area contributed by atoms with Crippen molar-refractivity contribution in [2.24, 2.45) is 11.8 Å². The fourth-order valence-electron chi connectivity index (χ4n) is 3.59. The molecule has 0 bridgehead atoms. The zero-order valence-electron chi connectivity index (χ0n) is 10.6. The standard InChI is InChI=1S/C13H23N3O/c1-2-12-11-7-14-6-9(11)8-16(12)13(17)15-10-4-3-5-10/h9-12,14H,2-8H2,1H3,(H,15,17). The first-order valence-corrected chi connectivity index (χ1v) is 7.07. The van der Waals surface area contributed by atoms with E-state index in [4.69, 9.17) is 0 Å². The van der Waals surface area contributed by atoms with Gasteiger partial charge in [-0.1, -0.05) is 6.92 Å².